The minimum atomic E-state index is -3.13. The standard InChI is InChI=1S/Al.H2O3Si.H2O.3H/c;1-4(2)3;;;;/h;1-2H;1H2;;;. The van der Waals surface area contributed by atoms with Crippen LogP contribution in [0.1, 0.15) is 0 Å². The lowest BCUT2D eigenvalue weighted by Gasteiger charge is -1.55. The van der Waals surface area contributed by atoms with Crippen LogP contribution in [0.4, 0.5) is 0 Å². The lowest BCUT2D eigenvalue weighted by molar-refractivity contribution is 0.330. The zero-order valence-corrected chi connectivity index (χ0v) is 3.30. The molecule has 0 aliphatic carbocycles. The minimum absolute atomic E-state index is 0. The van der Waals surface area contributed by atoms with Crippen LogP contribution in [0.5, 0.6) is 0 Å². The smallest absolute Gasteiger partial charge is 0.511 e. The van der Waals surface area contributed by atoms with Gasteiger partial charge in [0.15, 0.2) is 17.4 Å². The molecule has 0 bridgehead atoms. The van der Waals surface area contributed by atoms with Crippen molar-refractivity contribution in [3.8, 4) is 0 Å². The summed E-state index contributed by atoms with van der Waals surface area (Å²) in [5, 5.41) is 0. The van der Waals surface area contributed by atoms with Crippen LogP contribution in [0.3, 0.4) is 0 Å². The molecule has 0 fully saturated rings. The Hall–Kier alpha value is 0.109. The average molecular weight is 126 g/mol. The Balaban J connectivity index is -0.0000000450. The molecule has 6 heavy (non-hydrogen) atoms. The molecular formula is H7AlO4Si. The average Bonchev–Trinajstić information content (AvgIpc) is 0.811. The molecule has 4 nitrogen and oxygen atoms in total. The van der Waals surface area contributed by atoms with E-state index in [4.69, 9.17) is 14.1 Å². The minimum Gasteiger partial charge on any atom is -0.511 e. The number of rotatable bonds is 0. The van der Waals surface area contributed by atoms with Gasteiger partial charge in [-0.05, 0) is 0 Å². The van der Waals surface area contributed by atoms with E-state index >= 15 is 0 Å². The van der Waals surface area contributed by atoms with Crippen molar-refractivity contribution in [2.45, 2.75) is 0 Å². The highest BCUT2D eigenvalue weighted by molar-refractivity contribution is 6.22. The molecule has 0 aromatic rings. The monoisotopic (exact) mass is 126 g/mol. The molecule has 0 aromatic heterocycles. The van der Waals surface area contributed by atoms with E-state index < -0.39 is 9.17 Å². The predicted octanol–water partition coefficient (Wildman–Crippen LogP) is -3.62. The zero-order valence-electron chi connectivity index (χ0n) is 2.30. The van der Waals surface area contributed by atoms with Crippen molar-refractivity contribution in [3.05, 3.63) is 0 Å². The molecule has 0 aliphatic rings. The summed E-state index contributed by atoms with van der Waals surface area (Å²) in [6.07, 6.45) is 0. The molecule has 6 heteroatoms. The fourth-order valence-electron chi connectivity index (χ4n) is 0. The molecule has 0 rings (SSSR count). The van der Waals surface area contributed by atoms with E-state index in [1.54, 1.807) is 0 Å². The fourth-order valence-corrected chi connectivity index (χ4v) is 0. The van der Waals surface area contributed by atoms with Gasteiger partial charge >= 0.3 is 9.17 Å². The van der Waals surface area contributed by atoms with Gasteiger partial charge in [-0.3, -0.25) is 4.46 Å². The summed E-state index contributed by atoms with van der Waals surface area (Å²) in [6, 6.07) is 0. The van der Waals surface area contributed by atoms with Crippen LogP contribution in [-0.2, 0) is 4.46 Å². The Bertz CT molecular complexity index is 30.5. The number of hydrogen-bond donors (Lipinski definition) is 2. The van der Waals surface area contributed by atoms with Crippen LogP contribution in [0.2, 0.25) is 0 Å². The summed E-state index contributed by atoms with van der Waals surface area (Å²) in [4.78, 5) is 14.3. The summed E-state index contributed by atoms with van der Waals surface area (Å²) in [7, 11) is -3.13. The Kier molecular flexibility index (Phi) is 24.5. The van der Waals surface area contributed by atoms with Crippen LogP contribution >= 0.6 is 0 Å². The van der Waals surface area contributed by atoms with Gasteiger partial charge in [0.25, 0.3) is 0 Å². The van der Waals surface area contributed by atoms with Gasteiger partial charge in [0, 0.05) is 0 Å². The van der Waals surface area contributed by atoms with Gasteiger partial charge < -0.3 is 15.1 Å². The maximum absolute atomic E-state index is 8.74. The van der Waals surface area contributed by atoms with Crippen molar-refractivity contribution in [3.63, 3.8) is 0 Å². The van der Waals surface area contributed by atoms with Crippen LogP contribution in [0.15, 0.2) is 0 Å². The molecule has 0 aliphatic heterocycles. The molecule has 0 amide bonds. The predicted molar refractivity (Wildman–Crippen MR) is 24.4 cm³/mol. The van der Waals surface area contributed by atoms with Gasteiger partial charge in [0.2, 0.25) is 0 Å². The van der Waals surface area contributed by atoms with Gasteiger partial charge in [-0.25, -0.2) is 0 Å². The first-order chi connectivity index (χ1) is 1.73. The van der Waals surface area contributed by atoms with Crippen molar-refractivity contribution in [2.24, 2.45) is 0 Å². The largest absolute Gasteiger partial charge is 0.761 e. The first-order valence-electron chi connectivity index (χ1n) is 0.651. The van der Waals surface area contributed by atoms with E-state index in [2.05, 4.69) is 0 Å². The van der Waals surface area contributed by atoms with Crippen LogP contribution < -0.4 is 0 Å². The van der Waals surface area contributed by atoms with Crippen molar-refractivity contribution in [2.75, 3.05) is 0 Å². The first kappa shape index (κ1) is 16.5. The molecule has 38 valence electrons. The third-order valence-electron chi connectivity index (χ3n) is 0. The van der Waals surface area contributed by atoms with E-state index in [1.165, 1.54) is 0 Å². The van der Waals surface area contributed by atoms with Crippen molar-refractivity contribution < 1.29 is 19.5 Å². The SMILES string of the molecule is O.O=[Si](O)O.[AlH3]. The van der Waals surface area contributed by atoms with E-state index in [0.717, 1.165) is 0 Å². The molecule has 4 N–H and O–H groups in total. The van der Waals surface area contributed by atoms with E-state index in [0.29, 0.717) is 0 Å². The van der Waals surface area contributed by atoms with Gasteiger partial charge in [0.1, 0.15) is 0 Å². The maximum Gasteiger partial charge on any atom is 0.761 e. The van der Waals surface area contributed by atoms with Crippen molar-refractivity contribution in [1.82, 2.24) is 0 Å². The van der Waals surface area contributed by atoms with Crippen molar-refractivity contribution >= 4 is 26.5 Å². The van der Waals surface area contributed by atoms with E-state index in [9.17, 15) is 0 Å². The highest BCUT2D eigenvalue weighted by Crippen LogP contribution is 1.27. The lowest BCUT2D eigenvalue weighted by atomic mass is 15.8. The molecular weight excluding hydrogens is 119 g/mol. The van der Waals surface area contributed by atoms with Crippen LogP contribution in [-0.4, -0.2) is 41.6 Å². The highest BCUT2D eigenvalue weighted by atomic mass is 28.3. The van der Waals surface area contributed by atoms with E-state index in [1.807, 2.05) is 0 Å². The van der Waals surface area contributed by atoms with Gasteiger partial charge in [0.05, 0.1) is 0 Å². The summed E-state index contributed by atoms with van der Waals surface area (Å²) in [5.41, 5.74) is 0. The van der Waals surface area contributed by atoms with Gasteiger partial charge in [-0.2, -0.15) is 0 Å². The third-order valence-corrected chi connectivity index (χ3v) is 0. The second-order valence-electron chi connectivity index (χ2n) is 0.283. The third kappa shape index (κ3) is 3320. The van der Waals surface area contributed by atoms with E-state index in [-0.39, 0.29) is 22.8 Å². The zero-order chi connectivity index (χ0) is 3.58. The second kappa shape index (κ2) is 8.92. The van der Waals surface area contributed by atoms with Gasteiger partial charge in [-0.15, -0.1) is 0 Å². The molecule has 0 aromatic carbocycles. The van der Waals surface area contributed by atoms with Crippen molar-refractivity contribution in [1.29, 1.82) is 0 Å². The normalized spacial score (nSPS) is 4.00. The molecule has 0 spiro atoms. The Labute approximate surface area is 46.8 Å². The summed E-state index contributed by atoms with van der Waals surface area (Å²) in [6.45, 7) is 0. The molecule has 0 radical (unpaired) electrons. The quantitative estimate of drug-likeness (QED) is 0.328. The maximum atomic E-state index is 8.74. The number of hydrogen-bond acceptors (Lipinski definition) is 1. The summed E-state index contributed by atoms with van der Waals surface area (Å²) < 4.78 is 8.74. The lowest BCUT2D eigenvalue weighted by Crippen LogP contribution is -1.90. The molecule has 0 saturated heterocycles. The molecule has 0 saturated carbocycles. The highest BCUT2D eigenvalue weighted by Gasteiger charge is 1.85. The second-order valence-corrected chi connectivity index (χ2v) is 0.848. The Morgan fingerprint density at radius 3 is 1.33 bits per heavy atom. The molecule has 0 unspecified atom stereocenters. The summed E-state index contributed by atoms with van der Waals surface area (Å²) in [5.74, 6) is 0. The topological polar surface area (TPSA) is 89.0 Å². The first-order valence-corrected chi connectivity index (χ1v) is 1.95. The Morgan fingerprint density at radius 1 is 1.33 bits per heavy atom. The Morgan fingerprint density at radius 2 is 1.33 bits per heavy atom. The molecule has 0 heterocycles. The van der Waals surface area contributed by atoms with Crippen LogP contribution in [0.25, 0.3) is 0 Å². The van der Waals surface area contributed by atoms with Gasteiger partial charge in [-0.1, -0.05) is 0 Å². The fraction of sp³-hybridized carbons (Fsp3) is 0. The molecule has 0 atom stereocenters. The van der Waals surface area contributed by atoms with Crippen LogP contribution in [0, 0.1) is 0 Å². The summed E-state index contributed by atoms with van der Waals surface area (Å²) >= 11 is 0.